The number of aliphatic imine (C=N–C) groups is 1. The van der Waals surface area contributed by atoms with Gasteiger partial charge in [-0.1, -0.05) is 25.6 Å². The van der Waals surface area contributed by atoms with Crippen LogP contribution in [0.2, 0.25) is 0 Å². The van der Waals surface area contributed by atoms with Gasteiger partial charge in [0.25, 0.3) is 0 Å². The summed E-state index contributed by atoms with van der Waals surface area (Å²) in [5.74, 6) is 1.21. The van der Waals surface area contributed by atoms with Gasteiger partial charge in [-0.2, -0.15) is 0 Å². The molecule has 0 amide bonds. The zero-order chi connectivity index (χ0) is 12.8. The predicted octanol–water partition coefficient (Wildman–Crippen LogP) is 3.42. The first-order chi connectivity index (χ1) is 8.66. The van der Waals surface area contributed by atoms with Crippen molar-refractivity contribution in [2.45, 2.75) is 39.5 Å². The van der Waals surface area contributed by atoms with Crippen LogP contribution in [-0.2, 0) is 0 Å². The van der Waals surface area contributed by atoms with Crippen molar-refractivity contribution in [1.29, 1.82) is 0 Å². The molecule has 2 rings (SSSR count). The number of amidine groups is 1. The second-order valence-corrected chi connectivity index (χ2v) is 7.33. The minimum absolute atomic E-state index is 0. The van der Waals surface area contributed by atoms with E-state index in [4.69, 9.17) is 0 Å². The van der Waals surface area contributed by atoms with Crippen LogP contribution in [0.1, 0.15) is 39.5 Å². The fourth-order valence-corrected chi connectivity index (χ4v) is 3.29. The van der Waals surface area contributed by atoms with Crippen molar-refractivity contribution in [3.05, 3.63) is 0 Å². The highest BCUT2D eigenvalue weighted by molar-refractivity contribution is 8.13. The number of hydrogen-bond acceptors (Lipinski definition) is 4. The lowest BCUT2D eigenvalue weighted by Gasteiger charge is -2.28. The Morgan fingerprint density at radius 1 is 1.20 bits per heavy atom. The Kier molecular flexibility index (Phi) is 10.3. The molecule has 2 heterocycles. The van der Waals surface area contributed by atoms with E-state index >= 15 is 0 Å². The van der Waals surface area contributed by atoms with Crippen LogP contribution in [0.3, 0.4) is 0 Å². The molecular weight excluding hydrogens is 313 g/mol. The van der Waals surface area contributed by atoms with Gasteiger partial charge in [-0.15, -0.1) is 24.8 Å². The molecule has 6 heteroatoms. The lowest BCUT2D eigenvalue weighted by Crippen LogP contribution is -2.39. The Hall–Kier alpha value is 0.360. The van der Waals surface area contributed by atoms with Crippen molar-refractivity contribution in [3.8, 4) is 0 Å². The molecule has 0 atom stereocenters. The van der Waals surface area contributed by atoms with Crippen LogP contribution >= 0.6 is 36.6 Å². The maximum atomic E-state index is 4.62. The number of rotatable bonds is 5. The molecule has 1 fully saturated rings. The lowest BCUT2D eigenvalue weighted by molar-refractivity contribution is 0.333. The summed E-state index contributed by atoms with van der Waals surface area (Å²) >= 11 is 1.90. The summed E-state index contributed by atoms with van der Waals surface area (Å²) in [5, 5.41) is 4.61. The topological polar surface area (TPSA) is 27.6 Å². The van der Waals surface area contributed by atoms with E-state index in [0.29, 0.717) is 5.41 Å². The molecule has 0 unspecified atom stereocenters. The van der Waals surface area contributed by atoms with Crippen LogP contribution in [0.5, 0.6) is 0 Å². The smallest absolute Gasteiger partial charge is 0.156 e. The van der Waals surface area contributed by atoms with Gasteiger partial charge in [-0.05, 0) is 45.3 Å². The molecule has 0 radical (unpaired) electrons. The lowest BCUT2D eigenvalue weighted by atomic mass is 9.93. The Morgan fingerprint density at radius 2 is 1.90 bits per heavy atom. The van der Waals surface area contributed by atoms with E-state index in [9.17, 15) is 0 Å². The number of unbranched alkanes of at least 4 members (excludes halogenated alkanes) is 1. The van der Waals surface area contributed by atoms with Crippen LogP contribution < -0.4 is 5.32 Å². The SMILES string of the molecule is CC1(C)CN=C(SCCCCN2CCCC2)NC1.Cl.Cl. The normalized spacial score (nSPS) is 21.4. The van der Waals surface area contributed by atoms with Crippen LogP contribution in [0.25, 0.3) is 0 Å². The summed E-state index contributed by atoms with van der Waals surface area (Å²) in [6.45, 7) is 10.5. The van der Waals surface area contributed by atoms with Gasteiger partial charge in [0.1, 0.15) is 0 Å². The molecule has 0 bridgehead atoms. The van der Waals surface area contributed by atoms with Crippen LogP contribution in [0, 0.1) is 5.41 Å². The summed E-state index contributed by atoms with van der Waals surface area (Å²) in [6, 6.07) is 0. The van der Waals surface area contributed by atoms with E-state index < -0.39 is 0 Å². The van der Waals surface area contributed by atoms with E-state index in [1.807, 2.05) is 11.8 Å². The van der Waals surface area contributed by atoms with Gasteiger partial charge in [0.15, 0.2) is 5.17 Å². The van der Waals surface area contributed by atoms with E-state index in [0.717, 1.165) is 18.3 Å². The molecule has 2 aliphatic rings. The quantitative estimate of drug-likeness (QED) is 0.776. The molecule has 1 saturated heterocycles. The number of nitrogens with one attached hydrogen (secondary N) is 1. The molecule has 3 nitrogen and oxygen atoms in total. The first-order valence-electron chi connectivity index (χ1n) is 7.29. The molecule has 120 valence electrons. The Labute approximate surface area is 140 Å². The standard InChI is InChI=1S/C14H27N3S.2ClH/c1-14(2)11-15-13(16-12-14)18-10-6-5-9-17-7-3-4-8-17;;/h3-12H2,1-2H3,(H,15,16);2*1H. The van der Waals surface area contributed by atoms with Gasteiger partial charge in [0.05, 0.1) is 0 Å². The van der Waals surface area contributed by atoms with Crippen molar-refractivity contribution < 1.29 is 0 Å². The summed E-state index contributed by atoms with van der Waals surface area (Å²) in [6.07, 6.45) is 5.47. The number of likely N-dealkylation sites (tertiary alicyclic amines) is 1. The molecule has 20 heavy (non-hydrogen) atoms. The first kappa shape index (κ1) is 20.4. The molecule has 2 aliphatic heterocycles. The largest absolute Gasteiger partial charge is 0.364 e. The summed E-state index contributed by atoms with van der Waals surface area (Å²) in [7, 11) is 0. The fourth-order valence-electron chi connectivity index (χ4n) is 2.42. The molecule has 0 saturated carbocycles. The fraction of sp³-hybridized carbons (Fsp3) is 0.929. The van der Waals surface area contributed by atoms with Gasteiger partial charge in [0, 0.05) is 24.3 Å². The molecule has 0 aromatic carbocycles. The highest BCUT2D eigenvalue weighted by atomic mass is 35.5. The third-order valence-corrected chi connectivity index (χ3v) is 4.71. The van der Waals surface area contributed by atoms with Crippen molar-refractivity contribution in [1.82, 2.24) is 10.2 Å². The van der Waals surface area contributed by atoms with Crippen molar-refractivity contribution in [3.63, 3.8) is 0 Å². The van der Waals surface area contributed by atoms with Crippen LogP contribution in [-0.4, -0.2) is 48.5 Å². The second-order valence-electron chi connectivity index (χ2n) is 6.24. The maximum absolute atomic E-state index is 4.62. The van der Waals surface area contributed by atoms with Crippen LogP contribution in [0.4, 0.5) is 0 Å². The molecule has 0 spiro atoms. The van der Waals surface area contributed by atoms with Gasteiger partial charge >= 0.3 is 0 Å². The Balaban J connectivity index is 0.00000180. The monoisotopic (exact) mass is 341 g/mol. The summed E-state index contributed by atoms with van der Waals surface area (Å²) in [4.78, 5) is 7.22. The molecule has 0 aromatic heterocycles. The van der Waals surface area contributed by atoms with E-state index in [1.165, 1.54) is 51.1 Å². The number of thioether (sulfide) groups is 1. The van der Waals surface area contributed by atoms with E-state index in [1.54, 1.807) is 0 Å². The van der Waals surface area contributed by atoms with Gasteiger partial charge in [0.2, 0.25) is 0 Å². The minimum atomic E-state index is 0. The second kappa shape index (κ2) is 10.1. The minimum Gasteiger partial charge on any atom is -0.364 e. The molecule has 0 aromatic rings. The maximum Gasteiger partial charge on any atom is 0.156 e. The van der Waals surface area contributed by atoms with E-state index in [2.05, 4.69) is 29.1 Å². The van der Waals surface area contributed by atoms with E-state index in [-0.39, 0.29) is 24.8 Å². The zero-order valence-electron chi connectivity index (χ0n) is 12.7. The van der Waals surface area contributed by atoms with Crippen LogP contribution in [0.15, 0.2) is 4.99 Å². The average molecular weight is 342 g/mol. The Morgan fingerprint density at radius 3 is 2.50 bits per heavy atom. The number of hydrogen-bond donors (Lipinski definition) is 1. The van der Waals surface area contributed by atoms with Crippen molar-refractivity contribution in [2.75, 3.05) is 38.5 Å². The zero-order valence-corrected chi connectivity index (χ0v) is 15.1. The average Bonchev–Trinajstić information content (AvgIpc) is 2.84. The van der Waals surface area contributed by atoms with Crippen molar-refractivity contribution in [2.24, 2.45) is 10.4 Å². The molecular formula is C14H29Cl2N3S. The summed E-state index contributed by atoms with van der Waals surface area (Å²) in [5.41, 5.74) is 0.333. The third kappa shape index (κ3) is 7.39. The Bertz CT molecular complexity index is 292. The predicted molar refractivity (Wildman–Crippen MR) is 95.9 cm³/mol. The van der Waals surface area contributed by atoms with Crippen molar-refractivity contribution >= 4 is 41.7 Å². The third-order valence-electron chi connectivity index (χ3n) is 3.68. The highest BCUT2D eigenvalue weighted by Gasteiger charge is 2.22. The first-order valence-corrected chi connectivity index (χ1v) is 8.28. The van der Waals surface area contributed by atoms with Gasteiger partial charge in [-0.3, -0.25) is 4.99 Å². The summed E-state index contributed by atoms with van der Waals surface area (Å²) < 4.78 is 0. The number of nitrogens with zero attached hydrogens (tertiary/aromatic N) is 2. The molecule has 1 N–H and O–H groups in total. The van der Waals surface area contributed by atoms with Gasteiger partial charge in [-0.25, -0.2) is 0 Å². The highest BCUT2D eigenvalue weighted by Crippen LogP contribution is 2.20. The molecule has 0 aliphatic carbocycles. The van der Waals surface area contributed by atoms with Gasteiger partial charge < -0.3 is 10.2 Å². The number of halogens is 2.